The van der Waals surface area contributed by atoms with Crippen LogP contribution in [0.5, 0.6) is 0 Å². The van der Waals surface area contributed by atoms with Gasteiger partial charge in [0, 0.05) is 43.8 Å². The van der Waals surface area contributed by atoms with Gasteiger partial charge in [-0.3, -0.25) is 9.78 Å². The van der Waals surface area contributed by atoms with E-state index in [0.717, 1.165) is 24.5 Å². The first kappa shape index (κ1) is 13.1. The van der Waals surface area contributed by atoms with Crippen LogP contribution < -0.4 is 10.6 Å². The van der Waals surface area contributed by atoms with Crippen LogP contribution >= 0.6 is 0 Å². The zero-order valence-corrected chi connectivity index (χ0v) is 10.8. The van der Waals surface area contributed by atoms with Gasteiger partial charge in [-0.15, -0.1) is 0 Å². The molecule has 2 aromatic rings. The van der Waals surface area contributed by atoms with Crippen LogP contribution in [0, 0.1) is 0 Å². The van der Waals surface area contributed by atoms with Crippen LogP contribution in [0.3, 0.4) is 0 Å². The maximum atomic E-state index is 11.6. The second-order valence-corrected chi connectivity index (χ2v) is 4.00. The quantitative estimate of drug-likeness (QED) is 0.728. The maximum absolute atomic E-state index is 11.6. The monoisotopic (exact) mass is 259 g/mol. The number of hydrogen-bond donors (Lipinski definition) is 3. The minimum Gasteiger partial charge on any atom is -0.384 e. The lowest BCUT2D eigenvalue weighted by atomic mass is 10.3. The molecule has 2 rings (SSSR count). The van der Waals surface area contributed by atoms with Crippen molar-refractivity contribution in [3.8, 4) is 0 Å². The van der Waals surface area contributed by atoms with Crippen molar-refractivity contribution in [2.24, 2.45) is 0 Å². The molecule has 3 N–H and O–H groups in total. The van der Waals surface area contributed by atoms with E-state index in [9.17, 15) is 4.79 Å². The first-order valence-corrected chi connectivity index (χ1v) is 6.26. The molecule has 1 amide bonds. The standard InChI is InChI=1S/C13H17N5O/c1-2-14-13(19)11-9-10(3-5-16-11)15-6-4-12-17-7-8-18-12/h3,5,7-9H,2,4,6H2,1H3,(H,14,19)(H,15,16)(H,17,18). The van der Waals surface area contributed by atoms with E-state index in [1.165, 1.54) is 0 Å². The SMILES string of the molecule is CCNC(=O)c1cc(NCCc2ncc[nH]2)ccn1. The lowest BCUT2D eigenvalue weighted by Gasteiger charge is -2.07. The molecule has 0 radical (unpaired) electrons. The summed E-state index contributed by atoms with van der Waals surface area (Å²) >= 11 is 0. The molecule has 0 unspecified atom stereocenters. The summed E-state index contributed by atoms with van der Waals surface area (Å²) in [6, 6.07) is 3.58. The molecule has 100 valence electrons. The van der Waals surface area contributed by atoms with Gasteiger partial charge in [0.15, 0.2) is 0 Å². The summed E-state index contributed by atoms with van der Waals surface area (Å²) in [5.74, 6) is 0.780. The zero-order chi connectivity index (χ0) is 13.5. The van der Waals surface area contributed by atoms with Gasteiger partial charge in [0.05, 0.1) is 0 Å². The number of amides is 1. The molecule has 0 spiro atoms. The third kappa shape index (κ3) is 3.80. The first-order valence-electron chi connectivity index (χ1n) is 6.26. The Morgan fingerprint density at radius 3 is 3.00 bits per heavy atom. The molecule has 0 fully saturated rings. The van der Waals surface area contributed by atoms with E-state index in [1.807, 2.05) is 13.0 Å². The number of nitrogens with one attached hydrogen (secondary N) is 3. The normalized spacial score (nSPS) is 10.2. The highest BCUT2D eigenvalue weighted by molar-refractivity contribution is 5.93. The van der Waals surface area contributed by atoms with Crippen molar-refractivity contribution in [2.45, 2.75) is 13.3 Å². The van der Waals surface area contributed by atoms with Crippen molar-refractivity contribution in [3.63, 3.8) is 0 Å². The van der Waals surface area contributed by atoms with Crippen molar-refractivity contribution in [2.75, 3.05) is 18.4 Å². The molecule has 6 heteroatoms. The van der Waals surface area contributed by atoms with E-state index in [1.54, 1.807) is 24.7 Å². The Kier molecular flexibility index (Phi) is 4.49. The van der Waals surface area contributed by atoms with E-state index in [0.29, 0.717) is 12.2 Å². The van der Waals surface area contributed by atoms with Gasteiger partial charge in [-0.2, -0.15) is 0 Å². The molecule has 0 atom stereocenters. The number of H-pyrrole nitrogens is 1. The van der Waals surface area contributed by atoms with Gasteiger partial charge in [0.25, 0.3) is 5.91 Å². The number of anilines is 1. The highest BCUT2D eigenvalue weighted by atomic mass is 16.1. The number of nitrogens with zero attached hydrogens (tertiary/aromatic N) is 2. The molecule has 19 heavy (non-hydrogen) atoms. The van der Waals surface area contributed by atoms with Crippen LogP contribution in [0.15, 0.2) is 30.7 Å². The Hall–Kier alpha value is -2.37. The minimum absolute atomic E-state index is 0.155. The van der Waals surface area contributed by atoms with Crippen LogP contribution in [0.25, 0.3) is 0 Å². The van der Waals surface area contributed by atoms with Gasteiger partial charge in [-0.05, 0) is 19.1 Å². The Balaban J connectivity index is 1.90. The molecule has 2 heterocycles. The zero-order valence-electron chi connectivity index (χ0n) is 10.8. The molecule has 0 saturated heterocycles. The maximum Gasteiger partial charge on any atom is 0.269 e. The average molecular weight is 259 g/mol. The van der Waals surface area contributed by atoms with Crippen molar-refractivity contribution in [1.29, 1.82) is 0 Å². The Morgan fingerprint density at radius 2 is 2.26 bits per heavy atom. The minimum atomic E-state index is -0.155. The first-order chi connectivity index (χ1) is 9.29. The predicted molar refractivity (Wildman–Crippen MR) is 73.0 cm³/mol. The van der Waals surface area contributed by atoms with Crippen LogP contribution in [0.2, 0.25) is 0 Å². The lowest BCUT2D eigenvalue weighted by molar-refractivity contribution is 0.0951. The molecular formula is C13H17N5O. The van der Waals surface area contributed by atoms with E-state index in [-0.39, 0.29) is 5.91 Å². The van der Waals surface area contributed by atoms with Crippen molar-refractivity contribution >= 4 is 11.6 Å². The number of carbonyl (C=O) groups is 1. The number of rotatable bonds is 6. The van der Waals surface area contributed by atoms with Gasteiger partial charge in [0.1, 0.15) is 11.5 Å². The molecular weight excluding hydrogens is 242 g/mol. The predicted octanol–water partition coefficient (Wildman–Crippen LogP) is 1.21. The van der Waals surface area contributed by atoms with Crippen molar-refractivity contribution in [3.05, 3.63) is 42.2 Å². The van der Waals surface area contributed by atoms with Gasteiger partial charge < -0.3 is 15.6 Å². The molecule has 2 aromatic heterocycles. The van der Waals surface area contributed by atoms with Crippen LogP contribution in [0.4, 0.5) is 5.69 Å². The second-order valence-electron chi connectivity index (χ2n) is 4.00. The number of carbonyl (C=O) groups excluding carboxylic acids is 1. The lowest BCUT2D eigenvalue weighted by Crippen LogP contribution is -2.23. The molecule has 0 aliphatic carbocycles. The fraction of sp³-hybridized carbons (Fsp3) is 0.308. The fourth-order valence-electron chi connectivity index (χ4n) is 1.68. The highest BCUT2D eigenvalue weighted by Gasteiger charge is 2.06. The van der Waals surface area contributed by atoms with Gasteiger partial charge >= 0.3 is 0 Å². The fourth-order valence-corrected chi connectivity index (χ4v) is 1.68. The number of aromatic amines is 1. The highest BCUT2D eigenvalue weighted by Crippen LogP contribution is 2.08. The topological polar surface area (TPSA) is 82.7 Å². The van der Waals surface area contributed by atoms with E-state index in [4.69, 9.17) is 0 Å². The van der Waals surface area contributed by atoms with Crippen LogP contribution in [0.1, 0.15) is 23.2 Å². The number of pyridine rings is 1. The Bertz CT molecular complexity index is 524. The van der Waals surface area contributed by atoms with Gasteiger partial charge in [0.2, 0.25) is 0 Å². The smallest absolute Gasteiger partial charge is 0.269 e. The summed E-state index contributed by atoms with van der Waals surface area (Å²) in [4.78, 5) is 22.9. The summed E-state index contributed by atoms with van der Waals surface area (Å²) < 4.78 is 0. The van der Waals surface area contributed by atoms with Crippen LogP contribution in [-0.4, -0.2) is 33.9 Å². The van der Waals surface area contributed by atoms with Crippen LogP contribution in [-0.2, 0) is 6.42 Å². The summed E-state index contributed by atoms with van der Waals surface area (Å²) in [6.07, 6.45) is 5.95. The van der Waals surface area contributed by atoms with Crippen molar-refractivity contribution in [1.82, 2.24) is 20.3 Å². The van der Waals surface area contributed by atoms with Gasteiger partial charge in [-0.25, -0.2) is 4.98 Å². The molecule has 6 nitrogen and oxygen atoms in total. The number of imidazole rings is 1. The summed E-state index contributed by atoms with van der Waals surface area (Å²) in [5.41, 5.74) is 1.30. The number of aromatic nitrogens is 3. The van der Waals surface area contributed by atoms with Gasteiger partial charge in [-0.1, -0.05) is 0 Å². The molecule has 0 aromatic carbocycles. The molecule has 0 aliphatic rings. The van der Waals surface area contributed by atoms with Crippen molar-refractivity contribution < 1.29 is 4.79 Å². The largest absolute Gasteiger partial charge is 0.384 e. The summed E-state index contributed by atoms with van der Waals surface area (Å²) in [7, 11) is 0. The van der Waals surface area contributed by atoms with E-state index in [2.05, 4.69) is 25.6 Å². The second kappa shape index (κ2) is 6.53. The number of hydrogen-bond acceptors (Lipinski definition) is 4. The van der Waals surface area contributed by atoms with E-state index < -0.39 is 0 Å². The molecule has 0 bridgehead atoms. The molecule has 0 saturated carbocycles. The average Bonchev–Trinajstić information content (AvgIpc) is 2.93. The summed E-state index contributed by atoms with van der Waals surface area (Å²) in [6.45, 7) is 3.21. The third-order valence-corrected chi connectivity index (χ3v) is 2.58. The molecule has 0 aliphatic heterocycles. The Labute approximate surface area is 111 Å². The summed E-state index contributed by atoms with van der Waals surface area (Å²) in [5, 5.41) is 5.96. The third-order valence-electron chi connectivity index (χ3n) is 2.58. The Morgan fingerprint density at radius 1 is 1.37 bits per heavy atom. The van der Waals surface area contributed by atoms with E-state index >= 15 is 0 Å².